The number of ether oxygens (including phenoxy) is 1. The third-order valence-electron chi connectivity index (χ3n) is 3.44. The van der Waals surface area contributed by atoms with Crippen LogP contribution in [0, 0.1) is 6.92 Å². The van der Waals surface area contributed by atoms with Crippen molar-refractivity contribution in [3.63, 3.8) is 0 Å². The second-order valence-electron chi connectivity index (χ2n) is 5.33. The Morgan fingerprint density at radius 1 is 1.08 bits per heavy atom. The van der Waals surface area contributed by atoms with Crippen LogP contribution in [0.15, 0.2) is 48.7 Å². The number of hydrogen-bond acceptors (Lipinski definition) is 6. The molecule has 0 spiro atoms. The third-order valence-corrected chi connectivity index (χ3v) is 3.68. The molecule has 1 aromatic heterocycles. The predicted octanol–water partition coefficient (Wildman–Crippen LogP) is 4.72. The van der Waals surface area contributed by atoms with E-state index < -0.39 is 0 Å². The third kappa shape index (κ3) is 4.58. The number of aromatic nitrogens is 3. The molecule has 0 atom stereocenters. The Balaban J connectivity index is 1.74. The number of nitrogens with zero attached hydrogens (tertiary/aromatic N) is 3. The number of benzene rings is 2. The average molecular weight is 356 g/mol. The molecule has 0 bridgehead atoms. The minimum atomic E-state index is 0.390. The summed E-state index contributed by atoms with van der Waals surface area (Å²) in [5.74, 6) is 1.80. The maximum atomic E-state index is 6.04. The molecule has 1 heterocycles. The molecule has 3 aromatic rings. The van der Waals surface area contributed by atoms with Gasteiger partial charge >= 0.3 is 0 Å². The average Bonchev–Trinajstić information content (AvgIpc) is 2.60. The quantitative estimate of drug-likeness (QED) is 0.666. The smallest absolute Gasteiger partial charge is 0.249 e. The highest BCUT2D eigenvalue weighted by Gasteiger charge is 2.05. The first kappa shape index (κ1) is 17.0. The van der Waals surface area contributed by atoms with E-state index in [1.165, 1.54) is 0 Å². The number of halogens is 1. The van der Waals surface area contributed by atoms with E-state index in [1.807, 2.05) is 56.3 Å². The van der Waals surface area contributed by atoms with Crippen molar-refractivity contribution in [1.29, 1.82) is 0 Å². The van der Waals surface area contributed by atoms with Gasteiger partial charge < -0.3 is 15.4 Å². The van der Waals surface area contributed by atoms with Crippen molar-refractivity contribution < 1.29 is 4.74 Å². The van der Waals surface area contributed by atoms with Crippen molar-refractivity contribution >= 4 is 34.7 Å². The first-order valence-electron chi connectivity index (χ1n) is 7.87. The Hall–Kier alpha value is -2.86. The molecule has 6 nitrogen and oxygen atoms in total. The topological polar surface area (TPSA) is 72.0 Å². The number of anilines is 4. The van der Waals surface area contributed by atoms with Gasteiger partial charge in [-0.3, -0.25) is 0 Å². The van der Waals surface area contributed by atoms with Crippen LogP contribution in [0.3, 0.4) is 0 Å². The maximum absolute atomic E-state index is 6.04. The zero-order valence-electron chi connectivity index (χ0n) is 14.0. The van der Waals surface area contributed by atoms with Gasteiger partial charge in [0, 0.05) is 16.4 Å². The molecule has 0 amide bonds. The summed E-state index contributed by atoms with van der Waals surface area (Å²) < 4.78 is 5.43. The van der Waals surface area contributed by atoms with Gasteiger partial charge in [-0.15, -0.1) is 5.10 Å². The lowest BCUT2D eigenvalue weighted by molar-refractivity contribution is 0.340. The lowest BCUT2D eigenvalue weighted by Gasteiger charge is -2.10. The van der Waals surface area contributed by atoms with Gasteiger partial charge in [0.2, 0.25) is 5.95 Å². The van der Waals surface area contributed by atoms with Crippen molar-refractivity contribution in [2.45, 2.75) is 13.8 Å². The van der Waals surface area contributed by atoms with Gasteiger partial charge in [0.15, 0.2) is 5.82 Å². The van der Waals surface area contributed by atoms with Crippen molar-refractivity contribution in [3.8, 4) is 5.75 Å². The summed E-state index contributed by atoms with van der Waals surface area (Å²) in [4.78, 5) is 4.42. The molecule has 0 fully saturated rings. The van der Waals surface area contributed by atoms with Crippen LogP contribution in [0.4, 0.5) is 23.1 Å². The van der Waals surface area contributed by atoms with E-state index in [2.05, 4.69) is 25.8 Å². The maximum Gasteiger partial charge on any atom is 0.249 e. The molecular weight excluding hydrogens is 338 g/mol. The summed E-state index contributed by atoms with van der Waals surface area (Å²) in [5.41, 5.74) is 2.76. The summed E-state index contributed by atoms with van der Waals surface area (Å²) in [6.45, 7) is 4.57. The molecule has 7 heteroatoms. The Kier molecular flexibility index (Phi) is 5.30. The van der Waals surface area contributed by atoms with Gasteiger partial charge in [0.25, 0.3) is 0 Å². The van der Waals surface area contributed by atoms with Crippen LogP contribution < -0.4 is 15.4 Å². The molecule has 0 saturated heterocycles. The molecule has 0 aliphatic carbocycles. The largest absolute Gasteiger partial charge is 0.494 e. The van der Waals surface area contributed by atoms with Gasteiger partial charge in [0.1, 0.15) is 5.75 Å². The van der Waals surface area contributed by atoms with E-state index in [1.54, 1.807) is 6.20 Å². The van der Waals surface area contributed by atoms with Crippen LogP contribution in [0.25, 0.3) is 0 Å². The fourth-order valence-electron chi connectivity index (χ4n) is 2.22. The van der Waals surface area contributed by atoms with E-state index in [9.17, 15) is 0 Å². The highest BCUT2D eigenvalue weighted by Crippen LogP contribution is 2.23. The van der Waals surface area contributed by atoms with Crippen LogP contribution in [0.1, 0.15) is 12.5 Å². The molecule has 0 aliphatic rings. The molecule has 0 aliphatic heterocycles. The summed E-state index contributed by atoms with van der Waals surface area (Å²) >= 11 is 6.04. The molecule has 25 heavy (non-hydrogen) atoms. The molecule has 128 valence electrons. The summed E-state index contributed by atoms with van der Waals surface area (Å²) in [5, 5.41) is 15.0. The first-order valence-corrected chi connectivity index (χ1v) is 8.24. The van der Waals surface area contributed by atoms with Crippen LogP contribution in [-0.2, 0) is 0 Å². The van der Waals surface area contributed by atoms with E-state index in [0.717, 1.165) is 22.7 Å². The molecular formula is C18H18ClN5O. The van der Waals surface area contributed by atoms with Gasteiger partial charge in [-0.2, -0.15) is 10.1 Å². The highest BCUT2D eigenvalue weighted by atomic mass is 35.5. The zero-order chi connectivity index (χ0) is 17.6. The minimum Gasteiger partial charge on any atom is -0.494 e. The highest BCUT2D eigenvalue weighted by molar-refractivity contribution is 6.30. The number of hydrogen-bond donors (Lipinski definition) is 2. The second-order valence-corrected chi connectivity index (χ2v) is 5.77. The van der Waals surface area contributed by atoms with E-state index in [-0.39, 0.29) is 0 Å². The molecule has 0 radical (unpaired) electrons. The Bertz CT molecular complexity index is 854. The van der Waals surface area contributed by atoms with Crippen molar-refractivity contribution in [1.82, 2.24) is 15.2 Å². The van der Waals surface area contributed by atoms with Crippen LogP contribution in [0.5, 0.6) is 5.75 Å². The van der Waals surface area contributed by atoms with Gasteiger partial charge in [0.05, 0.1) is 12.8 Å². The summed E-state index contributed by atoms with van der Waals surface area (Å²) in [7, 11) is 0. The van der Waals surface area contributed by atoms with Crippen molar-refractivity contribution in [2.24, 2.45) is 0 Å². The fourth-order valence-corrected chi connectivity index (χ4v) is 2.39. The molecule has 3 rings (SSSR count). The number of rotatable bonds is 6. The van der Waals surface area contributed by atoms with Crippen molar-refractivity contribution in [2.75, 3.05) is 17.2 Å². The van der Waals surface area contributed by atoms with Crippen LogP contribution in [0.2, 0.25) is 5.02 Å². The van der Waals surface area contributed by atoms with Gasteiger partial charge in [-0.25, -0.2) is 0 Å². The Morgan fingerprint density at radius 2 is 1.88 bits per heavy atom. The molecule has 0 unspecified atom stereocenters. The molecule has 0 saturated carbocycles. The lowest BCUT2D eigenvalue weighted by Crippen LogP contribution is -2.03. The van der Waals surface area contributed by atoms with E-state index >= 15 is 0 Å². The van der Waals surface area contributed by atoms with E-state index in [0.29, 0.717) is 23.4 Å². The number of nitrogens with one attached hydrogen (secondary N) is 2. The Morgan fingerprint density at radius 3 is 2.64 bits per heavy atom. The van der Waals surface area contributed by atoms with Gasteiger partial charge in [-0.1, -0.05) is 17.7 Å². The van der Waals surface area contributed by atoms with E-state index in [4.69, 9.17) is 16.3 Å². The standard InChI is InChI=1S/C18H18ClN5O/c1-3-25-15-8-6-14(7-9-15)21-17-11-20-24-18(23-17)22-16-10-13(19)5-4-12(16)2/h4-11H,3H2,1-2H3,(H2,21,22,23,24). The number of aryl methyl sites for hydroxylation is 1. The first-order chi connectivity index (χ1) is 12.1. The molecule has 2 aromatic carbocycles. The SMILES string of the molecule is CCOc1ccc(Nc2cnnc(Nc3cc(Cl)ccc3C)n2)cc1. The minimum absolute atomic E-state index is 0.390. The van der Waals surface area contributed by atoms with Crippen LogP contribution in [-0.4, -0.2) is 21.8 Å². The Labute approximate surface area is 151 Å². The summed E-state index contributed by atoms with van der Waals surface area (Å²) in [6, 6.07) is 13.2. The summed E-state index contributed by atoms with van der Waals surface area (Å²) in [6.07, 6.45) is 1.56. The molecule has 2 N–H and O–H groups in total. The fraction of sp³-hybridized carbons (Fsp3) is 0.167. The van der Waals surface area contributed by atoms with Crippen LogP contribution >= 0.6 is 11.6 Å². The zero-order valence-corrected chi connectivity index (χ0v) is 14.7. The predicted molar refractivity (Wildman–Crippen MR) is 100 cm³/mol. The van der Waals surface area contributed by atoms with Gasteiger partial charge in [-0.05, 0) is 55.8 Å². The lowest BCUT2D eigenvalue weighted by atomic mass is 10.2. The van der Waals surface area contributed by atoms with Crippen molar-refractivity contribution in [3.05, 3.63) is 59.2 Å². The second kappa shape index (κ2) is 7.81. The monoisotopic (exact) mass is 355 g/mol. The normalized spacial score (nSPS) is 10.4.